The summed E-state index contributed by atoms with van der Waals surface area (Å²) in [6.07, 6.45) is 1.35. The van der Waals surface area contributed by atoms with Crippen LogP contribution in [0.4, 0.5) is 4.39 Å². The van der Waals surface area contributed by atoms with E-state index in [9.17, 15) is 14.0 Å². The number of methoxy groups -OCH3 is 1. The number of halogens is 1. The van der Waals surface area contributed by atoms with Gasteiger partial charge in [0.15, 0.2) is 11.6 Å². The van der Waals surface area contributed by atoms with Crippen molar-refractivity contribution in [3.8, 4) is 5.75 Å². The van der Waals surface area contributed by atoms with Gasteiger partial charge in [-0.3, -0.25) is 14.2 Å². The van der Waals surface area contributed by atoms with Gasteiger partial charge >= 0.3 is 0 Å². The Morgan fingerprint density at radius 2 is 2.08 bits per heavy atom. The third-order valence-electron chi connectivity index (χ3n) is 4.10. The lowest BCUT2D eigenvalue weighted by atomic mass is 10.1. The Labute approximate surface area is 149 Å². The molecule has 0 spiro atoms. The summed E-state index contributed by atoms with van der Waals surface area (Å²) in [5.74, 6) is -0.727. The highest BCUT2D eigenvalue weighted by Crippen LogP contribution is 2.21. The molecule has 0 bridgehead atoms. The zero-order chi connectivity index (χ0) is 18.7. The molecule has 1 aromatic heterocycles. The van der Waals surface area contributed by atoms with Gasteiger partial charge in [-0.2, -0.15) is 0 Å². The predicted molar refractivity (Wildman–Crippen MR) is 95.5 cm³/mol. The third kappa shape index (κ3) is 3.56. The second-order valence-electron chi connectivity index (χ2n) is 5.88. The van der Waals surface area contributed by atoms with E-state index < -0.39 is 11.9 Å². The molecule has 1 N–H and O–H groups in total. The van der Waals surface area contributed by atoms with E-state index in [0.717, 1.165) is 0 Å². The Morgan fingerprint density at radius 1 is 1.31 bits per heavy atom. The molecule has 0 saturated heterocycles. The normalized spacial score (nSPS) is 12.0. The second kappa shape index (κ2) is 7.35. The van der Waals surface area contributed by atoms with Gasteiger partial charge in [-0.05, 0) is 36.8 Å². The van der Waals surface area contributed by atoms with Crippen molar-refractivity contribution in [3.05, 3.63) is 70.5 Å². The molecular weight excluding hydrogens is 337 g/mol. The van der Waals surface area contributed by atoms with Crippen LogP contribution in [0.25, 0.3) is 10.9 Å². The number of fused-ring (bicyclic) bond motifs is 1. The Hall–Kier alpha value is -3.22. The average Bonchev–Trinajstić information content (AvgIpc) is 2.64. The molecule has 0 saturated carbocycles. The Balaban J connectivity index is 1.73. The van der Waals surface area contributed by atoms with Gasteiger partial charge in [0.2, 0.25) is 5.91 Å². The Kier molecular flexibility index (Phi) is 4.97. The molecule has 1 heterocycles. The number of nitrogens with zero attached hydrogens (tertiary/aromatic N) is 2. The van der Waals surface area contributed by atoms with Crippen LogP contribution < -0.4 is 15.6 Å². The van der Waals surface area contributed by atoms with E-state index in [-0.39, 0.29) is 23.8 Å². The molecule has 1 atom stereocenters. The van der Waals surface area contributed by atoms with E-state index in [1.54, 1.807) is 37.3 Å². The highest BCUT2D eigenvalue weighted by atomic mass is 19.1. The molecule has 0 fully saturated rings. The van der Waals surface area contributed by atoms with Gasteiger partial charge in [-0.15, -0.1) is 0 Å². The molecule has 7 heteroatoms. The average molecular weight is 355 g/mol. The number of carbonyl (C=O) groups excluding carboxylic acids is 1. The summed E-state index contributed by atoms with van der Waals surface area (Å²) in [6.45, 7) is 1.57. The summed E-state index contributed by atoms with van der Waals surface area (Å²) in [5, 5.41) is 3.20. The number of aromatic nitrogens is 2. The van der Waals surface area contributed by atoms with Crippen molar-refractivity contribution in [3.63, 3.8) is 0 Å². The number of hydrogen-bond donors (Lipinski definition) is 1. The van der Waals surface area contributed by atoms with Crippen LogP contribution in [0.2, 0.25) is 0 Å². The quantitative estimate of drug-likeness (QED) is 0.763. The van der Waals surface area contributed by atoms with Crippen LogP contribution >= 0.6 is 0 Å². The number of rotatable bonds is 5. The topological polar surface area (TPSA) is 73.2 Å². The first kappa shape index (κ1) is 17.6. The van der Waals surface area contributed by atoms with Gasteiger partial charge < -0.3 is 10.1 Å². The van der Waals surface area contributed by atoms with E-state index in [0.29, 0.717) is 16.5 Å². The molecule has 26 heavy (non-hydrogen) atoms. The van der Waals surface area contributed by atoms with Crippen LogP contribution in [0.5, 0.6) is 5.75 Å². The Bertz CT molecular complexity index is 1020. The zero-order valence-corrected chi connectivity index (χ0v) is 14.4. The zero-order valence-electron chi connectivity index (χ0n) is 14.4. The summed E-state index contributed by atoms with van der Waals surface area (Å²) < 4.78 is 19.9. The minimum absolute atomic E-state index is 0.140. The lowest BCUT2D eigenvalue weighted by Crippen LogP contribution is -2.34. The van der Waals surface area contributed by atoms with Crippen molar-refractivity contribution in [2.75, 3.05) is 7.11 Å². The first-order chi connectivity index (χ1) is 12.5. The van der Waals surface area contributed by atoms with E-state index in [1.807, 2.05) is 0 Å². The maximum atomic E-state index is 13.8. The molecule has 0 aliphatic rings. The van der Waals surface area contributed by atoms with Crippen LogP contribution in [0.3, 0.4) is 0 Å². The molecule has 1 unspecified atom stereocenters. The van der Waals surface area contributed by atoms with Crippen molar-refractivity contribution in [2.24, 2.45) is 0 Å². The Morgan fingerprint density at radius 3 is 2.81 bits per heavy atom. The fourth-order valence-electron chi connectivity index (χ4n) is 2.70. The smallest absolute Gasteiger partial charge is 0.261 e. The van der Waals surface area contributed by atoms with Crippen molar-refractivity contribution in [1.82, 2.24) is 14.9 Å². The van der Waals surface area contributed by atoms with Gasteiger partial charge in [0.25, 0.3) is 5.56 Å². The molecule has 6 nitrogen and oxygen atoms in total. The second-order valence-corrected chi connectivity index (χ2v) is 5.88. The lowest BCUT2D eigenvalue weighted by molar-refractivity contribution is -0.122. The lowest BCUT2D eigenvalue weighted by Gasteiger charge is -2.16. The largest absolute Gasteiger partial charge is 0.494 e. The van der Waals surface area contributed by atoms with E-state index in [2.05, 4.69) is 10.3 Å². The third-order valence-corrected chi connectivity index (χ3v) is 4.10. The fraction of sp³-hybridized carbons (Fsp3) is 0.211. The van der Waals surface area contributed by atoms with Gasteiger partial charge in [-0.1, -0.05) is 18.2 Å². The standard InChI is InChI=1S/C19H18FN3O3/c1-12(13-7-8-17(26-2)15(20)9-13)22-18(24)10-23-11-21-16-6-4-3-5-14(16)19(23)25/h3-9,11-12H,10H2,1-2H3,(H,22,24). The minimum Gasteiger partial charge on any atom is -0.494 e. The fourth-order valence-corrected chi connectivity index (χ4v) is 2.70. The van der Waals surface area contributed by atoms with Crippen molar-refractivity contribution < 1.29 is 13.9 Å². The van der Waals surface area contributed by atoms with Gasteiger partial charge in [0.05, 0.1) is 30.4 Å². The molecule has 0 radical (unpaired) electrons. The van der Waals surface area contributed by atoms with Crippen LogP contribution in [0.15, 0.2) is 53.6 Å². The van der Waals surface area contributed by atoms with Crippen molar-refractivity contribution in [2.45, 2.75) is 19.5 Å². The van der Waals surface area contributed by atoms with Gasteiger partial charge in [0.1, 0.15) is 6.54 Å². The monoisotopic (exact) mass is 355 g/mol. The summed E-state index contributed by atoms with van der Waals surface area (Å²) in [4.78, 5) is 28.9. The van der Waals surface area contributed by atoms with Crippen molar-refractivity contribution in [1.29, 1.82) is 0 Å². The van der Waals surface area contributed by atoms with Crippen LogP contribution in [-0.2, 0) is 11.3 Å². The number of hydrogen-bond acceptors (Lipinski definition) is 4. The number of amides is 1. The van der Waals surface area contributed by atoms with E-state index >= 15 is 0 Å². The molecular formula is C19H18FN3O3. The molecule has 3 rings (SSSR count). The van der Waals surface area contributed by atoms with Crippen LogP contribution in [0, 0.1) is 5.82 Å². The molecule has 2 aromatic carbocycles. The molecule has 0 aliphatic heterocycles. The number of nitrogens with one attached hydrogen (secondary N) is 1. The first-order valence-electron chi connectivity index (χ1n) is 8.06. The van der Waals surface area contributed by atoms with Gasteiger partial charge in [0, 0.05) is 0 Å². The highest BCUT2D eigenvalue weighted by Gasteiger charge is 2.14. The number of para-hydroxylation sites is 1. The summed E-state index contributed by atoms with van der Waals surface area (Å²) in [6, 6.07) is 11.0. The van der Waals surface area contributed by atoms with Crippen LogP contribution in [0.1, 0.15) is 18.5 Å². The maximum Gasteiger partial charge on any atom is 0.261 e. The van der Waals surface area contributed by atoms with Gasteiger partial charge in [-0.25, -0.2) is 9.37 Å². The number of carbonyl (C=O) groups is 1. The predicted octanol–water partition coefficient (Wildman–Crippen LogP) is 2.42. The van der Waals surface area contributed by atoms with Crippen molar-refractivity contribution >= 4 is 16.8 Å². The summed E-state index contributed by atoms with van der Waals surface area (Å²) in [5.41, 5.74) is 0.894. The minimum atomic E-state index is -0.499. The van der Waals surface area contributed by atoms with Crippen LogP contribution in [-0.4, -0.2) is 22.6 Å². The molecule has 1 amide bonds. The SMILES string of the molecule is COc1ccc(C(C)NC(=O)Cn2cnc3ccccc3c2=O)cc1F. The summed E-state index contributed by atoms with van der Waals surface area (Å²) in [7, 11) is 1.39. The number of benzene rings is 2. The van der Waals surface area contributed by atoms with E-state index in [1.165, 1.54) is 30.1 Å². The first-order valence-corrected chi connectivity index (χ1v) is 8.06. The summed E-state index contributed by atoms with van der Waals surface area (Å²) >= 11 is 0. The number of ether oxygens (including phenoxy) is 1. The van der Waals surface area contributed by atoms with E-state index in [4.69, 9.17) is 4.74 Å². The highest BCUT2D eigenvalue weighted by molar-refractivity contribution is 5.79. The molecule has 134 valence electrons. The maximum absolute atomic E-state index is 13.8. The molecule has 0 aliphatic carbocycles. The molecule has 3 aromatic rings.